The summed E-state index contributed by atoms with van der Waals surface area (Å²) in [7, 11) is -3.76. The van der Waals surface area contributed by atoms with E-state index in [-0.39, 0.29) is 16.4 Å². The van der Waals surface area contributed by atoms with Crippen LogP contribution >= 0.6 is 22.9 Å². The van der Waals surface area contributed by atoms with Gasteiger partial charge in [-0.2, -0.15) is 0 Å². The van der Waals surface area contributed by atoms with E-state index in [4.69, 9.17) is 11.6 Å². The summed E-state index contributed by atoms with van der Waals surface area (Å²) in [5, 5.41) is 12.9. The van der Waals surface area contributed by atoms with E-state index in [1.54, 1.807) is 30.5 Å². The van der Waals surface area contributed by atoms with Gasteiger partial charge in [0.05, 0.1) is 10.6 Å². The first-order chi connectivity index (χ1) is 14.8. The molecule has 0 atom stereocenters. The van der Waals surface area contributed by atoms with Crippen LogP contribution in [0.5, 0.6) is 0 Å². The second-order valence-corrected chi connectivity index (χ2v) is 10.3. The van der Waals surface area contributed by atoms with E-state index in [9.17, 15) is 13.5 Å². The van der Waals surface area contributed by atoms with Gasteiger partial charge in [0.1, 0.15) is 10.8 Å². The van der Waals surface area contributed by atoms with E-state index in [0.717, 1.165) is 11.1 Å². The lowest BCUT2D eigenvalue weighted by Gasteiger charge is -2.13. The summed E-state index contributed by atoms with van der Waals surface area (Å²) >= 11 is 7.63. The summed E-state index contributed by atoms with van der Waals surface area (Å²) in [6.45, 7) is 3.59. The Balaban J connectivity index is 1.77. The summed E-state index contributed by atoms with van der Waals surface area (Å²) in [6.07, 6.45) is 1.66. The highest BCUT2D eigenvalue weighted by atomic mass is 35.5. The number of hydrogen-bond donors (Lipinski definition) is 1. The van der Waals surface area contributed by atoms with E-state index in [0.29, 0.717) is 26.7 Å². The van der Waals surface area contributed by atoms with Gasteiger partial charge in [0.25, 0.3) is 0 Å². The zero-order chi connectivity index (χ0) is 22.0. The number of halogens is 1. The van der Waals surface area contributed by atoms with Crippen LogP contribution < -0.4 is 0 Å². The predicted molar refractivity (Wildman–Crippen MR) is 127 cm³/mol. The molecule has 0 amide bonds. The van der Waals surface area contributed by atoms with Crippen molar-refractivity contribution in [1.82, 2.24) is 4.98 Å². The normalized spacial score (nSPS) is 11.4. The SMILES string of the molecule is C=C(O)c1ccc(-c2ccccc2)cc1CS(=O)(=O)c1cc(Cl)cc(-c2nccs2)c1. The van der Waals surface area contributed by atoms with Crippen LogP contribution in [0.4, 0.5) is 0 Å². The standard InChI is InChI=1S/C24H18ClNO3S2/c1-16(27)23-8-7-18(17-5-3-2-4-6-17)11-20(23)15-31(28,29)22-13-19(12-21(25)14-22)24-26-9-10-30-24/h2-14,27H,1,15H2. The average Bonchev–Trinajstić information content (AvgIpc) is 3.28. The average molecular weight is 468 g/mol. The van der Waals surface area contributed by atoms with Crippen LogP contribution in [0.25, 0.3) is 27.5 Å². The van der Waals surface area contributed by atoms with Gasteiger partial charge >= 0.3 is 0 Å². The van der Waals surface area contributed by atoms with E-state index < -0.39 is 9.84 Å². The van der Waals surface area contributed by atoms with Gasteiger partial charge in [0, 0.05) is 27.7 Å². The number of sulfone groups is 1. The molecule has 4 aromatic rings. The van der Waals surface area contributed by atoms with Crippen LogP contribution in [0.15, 0.2) is 89.8 Å². The van der Waals surface area contributed by atoms with Crippen molar-refractivity contribution >= 4 is 38.5 Å². The molecule has 0 saturated carbocycles. The van der Waals surface area contributed by atoms with Crippen LogP contribution in [-0.2, 0) is 15.6 Å². The van der Waals surface area contributed by atoms with E-state index >= 15 is 0 Å². The molecule has 0 aliphatic rings. The van der Waals surface area contributed by atoms with Crippen LogP contribution in [0, 0.1) is 0 Å². The third kappa shape index (κ3) is 4.71. The van der Waals surface area contributed by atoms with Crippen LogP contribution in [0.1, 0.15) is 11.1 Å². The van der Waals surface area contributed by atoms with Gasteiger partial charge in [-0.25, -0.2) is 13.4 Å². The van der Waals surface area contributed by atoms with Crippen molar-refractivity contribution in [3.63, 3.8) is 0 Å². The Morgan fingerprint density at radius 1 is 1.00 bits per heavy atom. The Labute approximate surface area is 190 Å². The molecular weight excluding hydrogens is 450 g/mol. The van der Waals surface area contributed by atoms with Gasteiger partial charge < -0.3 is 5.11 Å². The second kappa shape index (κ2) is 8.67. The molecule has 0 spiro atoms. The lowest BCUT2D eigenvalue weighted by Crippen LogP contribution is -2.07. The molecule has 31 heavy (non-hydrogen) atoms. The molecule has 1 heterocycles. The van der Waals surface area contributed by atoms with Crippen molar-refractivity contribution in [2.45, 2.75) is 10.6 Å². The Morgan fingerprint density at radius 3 is 2.45 bits per heavy atom. The number of aliphatic hydroxyl groups is 1. The highest BCUT2D eigenvalue weighted by Gasteiger charge is 2.21. The Kier molecular flexibility index (Phi) is 5.96. The van der Waals surface area contributed by atoms with Gasteiger partial charge in [0.2, 0.25) is 0 Å². The van der Waals surface area contributed by atoms with Gasteiger partial charge in [-0.05, 0) is 41.0 Å². The number of benzene rings is 3. The van der Waals surface area contributed by atoms with Crippen molar-refractivity contribution in [3.05, 3.63) is 101 Å². The first kappa shape index (κ1) is 21.3. The predicted octanol–water partition coefficient (Wildman–Crippen LogP) is 6.63. The Morgan fingerprint density at radius 2 is 1.77 bits per heavy atom. The molecule has 0 aliphatic carbocycles. The number of hydrogen-bond acceptors (Lipinski definition) is 5. The highest BCUT2D eigenvalue weighted by Crippen LogP contribution is 2.32. The highest BCUT2D eigenvalue weighted by molar-refractivity contribution is 7.90. The molecule has 4 nitrogen and oxygen atoms in total. The molecule has 156 valence electrons. The smallest absolute Gasteiger partial charge is 0.182 e. The molecule has 1 aromatic heterocycles. The number of rotatable bonds is 6. The molecule has 0 fully saturated rings. The fourth-order valence-electron chi connectivity index (χ4n) is 3.32. The van der Waals surface area contributed by atoms with Crippen molar-refractivity contribution in [2.75, 3.05) is 0 Å². The Hall–Kier alpha value is -2.93. The fourth-order valence-corrected chi connectivity index (χ4v) is 5.68. The summed E-state index contributed by atoms with van der Waals surface area (Å²) < 4.78 is 26.6. The lowest BCUT2D eigenvalue weighted by molar-refractivity contribution is 0.513. The zero-order valence-corrected chi connectivity index (χ0v) is 18.7. The molecule has 0 radical (unpaired) electrons. The topological polar surface area (TPSA) is 67.3 Å². The zero-order valence-electron chi connectivity index (χ0n) is 16.3. The first-order valence-electron chi connectivity index (χ1n) is 9.33. The van der Waals surface area contributed by atoms with Gasteiger partial charge in [-0.3, -0.25) is 0 Å². The molecule has 0 aliphatic heterocycles. The lowest BCUT2D eigenvalue weighted by atomic mass is 9.99. The molecular formula is C24H18ClNO3S2. The number of aromatic nitrogens is 1. The third-order valence-electron chi connectivity index (χ3n) is 4.78. The monoisotopic (exact) mass is 467 g/mol. The van der Waals surface area contributed by atoms with E-state index in [2.05, 4.69) is 11.6 Å². The number of nitrogens with zero attached hydrogens (tertiary/aromatic N) is 1. The van der Waals surface area contributed by atoms with Crippen molar-refractivity contribution in [1.29, 1.82) is 0 Å². The number of aliphatic hydroxyl groups excluding tert-OH is 1. The molecule has 0 saturated heterocycles. The van der Waals surface area contributed by atoms with E-state index in [1.165, 1.54) is 17.4 Å². The van der Waals surface area contributed by atoms with Crippen molar-refractivity contribution < 1.29 is 13.5 Å². The maximum Gasteiger partial charge on any atom is 0.182 e. The largest absolute Gasteiger partial charge is 0.508 e. The van der Waals surface area contributed by atoms with Gasteiger partial charge in [-0.1, -0.05) is 60.6 Å². The summed E-state index contributed by atoms with van der Waals surface area (Å²) in [5.41, 5.74) is 3.30. The van der Waals surface area contributed by atoms with Gasteiger partial charge in [-0.15, -0.1) is 11.3 Å². The molecule has 7 heteroatoms. The fraction of sp³-hybridized carbons (Fsp3) is 0.0417. The van der Waals surface area contributed by atoms with Gasteiger partial charge in [0.15, 0.2) is 9.84 Å². The molecule has 0 unspecified atom stereocenters. The molecule has 4 rings (SSSR count). The maximum atomic E-state index is 13.3. The quantitative estimate of drug-likeness (QED) is 0.323. The summed E-state index contributed by atoms with van der Waals surface area (Å²) in [6, 6.07) is 19.6. The molecule has 3 aromatic carbocycles. The maximum absolute atomic E-state index is 13.3. The minimum atomic E-state index is -3.76. The summed E-state index contributed by atoms with van der Waals surface area (Å²) in [5.74, 6) is -0.486. The molecule has 0 bridgehead atoms. The third-order valence-corrected chi connectivity index (χ3v) is 7.46. The molecule has 1 N–H and O–H groups in total. The van der Waals surface area contributed by atoms with Crippen molar-refractivity contribution in [3.8, 4) is 21.7 Å². The van der Waals surface area contributed by atoms with Crippen LogP contribution in [-0.4, -0.2) is 18.5 Å². The van der Waals surface area contributed by atoms with E-state index in [1.807, 2.05) is 41.8 Å². The Bertz CT molecular complexity index is 1350. The summed E-state index contributed by atoms with van der Waals surface area (Å²) in [4.78, 5) is 4.34. The van der Waals surface area contributed by atoms with Crippen LogP contribution in [0.3, 0.4) is 0 Å². The minimum Gasteiger partial charge on any atom is -0.508 e. The first-order valence-corrected chi connectivity index (χ1v) is 12.2. The number of thiazole rings is 1. The minimum absolute atomic E-state index is 0.102. The van der Waals surface area contributed by atoms with Crippen LogP contribution in [0.2, 0.25) is 5.02 Å². The second-order valence-electron chi connectivity index (χ2n) is 6.96. The van der Waals surface area contributed by atoms with Crippen molar-refractivity contribution in [2.24, 2.45) is 0 Å².